The van der Waals surface area contributed by atoms with Gasteiger partial charge < -0.3 is 15.8 Å². The largest absolute Gasteiger partial charge is 0.380 e. The van der Waals surface area contributed by atoms with Crippen LogP contribution in [0.5, 0.6) is 0 Å². The number of nitrogens with one attached hydrogen (secondary N) is 1. The minimum atomic E-state index is -0.427. The van der Waals surface area contributed by atoms with Crippen molar-refractivity contribution in [1.82, 2.24) is 5.32 Å². The lowest BCUT2D eigenvalue weighted by Gasteiger charge is -2.20. The summed E-state index contributed by atoms with van der Waals surface area (Å²) in [4.78, 5) is 0. The van der Waals surface area contributed by atoms with Gasteiger partial charge in [-0.05, 0) is 24.6 Å². The molecule has 0 saturated carbocycles. The van der Waals surface area contributed by atoms with Gasteiger partial charge in [-0.1, -0.05) is 17.7 Å². The van der Waals surface area contributed by atoms with Crippen molar-refractivity contribution in [3.8, 4) is 0 Å². The SMILES string of the molecule is COC(C)CNC(CN)c1ccc(Cl)c(F)c1. The number of nitrogens with two attached hydrogens (primary N) is 1. The van der Waals surface area contributed by atoms with E-state index in [-0.39, 0.29) is 17.2 Å². The topological polar surface area (TPSA) is 47.3 Å². The van der Waals surface area contributed by atoms with E-state index < -0.39 is 5.82 Å². The second kappa shape index (κ2) is 6.91. The molecule has 96 valence electrons. The van der Waals surface area contributed by atoms with Gasteiger partial charge in [-0.15, -0.1) is 0 Å². The molecule has 0 spiro atoms. The van der Waals surface area contributed by atoms with Crippen LogP contribution in [0.4, 0.5) is 4.39 Å². The molecule has 1 aromatic rings. The molecular formula is C12H18ClFN2O. The Morgan fingerprint density at radius 2 is 2.24 bits per heavy atom. The van der Waals surface area contributed by atoms with Crippen molar-refractivity contribution in [2.45, 2.75) is 19.1 Å². The van der Waals surface area contributed by atoms with Crippen LogP contribution in [-0.4, -0.2) is 26.3 Å². The first kappa shape index (κ1) is 14.4. The standard InChI is InChI=1S/C12H18ClFN2O/c1-8(17-2)7-16-12(6-15)9-3-4-10(13)11(14)5-9/h3-5,8,12,16H,6-7,15H2,1-2H3. The highest BCUT2D eigenvalue weighted by atomic mass is 35.5. The molecule has 2 atom stereocenters. The van der Waals surface area contributed by atoms with Crippen molar-refractivity contribution in [3.63, 3.8) is 0 Å². The molecule has 2 unspecified atom stereocenters. The minimum Gasteiger partial charge on any atom is -0.380 e. The van der Waals surface area contributed by atoms with E-state index in [2.05, 4.69) is 5.32 Å². The average Bonchev–Trinajstić information content (AvgIpc) is 2.33. The summed E-state index contributed by atoms with van der Waals surface area (Å²) in [5.74, 6) is -0.427. The quantitative estimate of drug-likeness (QED) is 0.824. The third-order valence-electron chi connectivity index (χ3n) is 2.64. The summed E-state index contributed by atoms with van der Waals surface area (Å²) in [5, 5.41) is 3.34. The Morgan fingerprint density at radius 3 is 2.76 bits per heavy atom. The van der Waals surface area contributed by atoms with Crippen molar-refractivity contribution in [3.05, 3.63) is 34.6 Å². The zero-order chi connectivity index (χ0) is 12.8. The normalized spacial score (nSPS) is 14.6. The Labute approximate surface area is 106 Å². The minimum absolute atomic E-state index is 0.0844. The van der Waals surface area contributed by atoms with E-state index in [9.17, 15) is 4.39 Å². The van der Waals surface area contributed by atoms with Gasteiger partial charge in [0.1, 0.15) is 5.82 Å². The van der Waals surface area contributed by atoms with Gasteiger partial charge in [-0.25, -0.2) is 4.39 Å². The lowest BCUT2D eigenvalue weighted by Crippen LogP contribution is -2.34. The van der Waals surface area contributed by atoms with Crippen LogP contribution in [0.1, 0.15) is 18.5 Å². The molecule has 0 saturated heterocycles. The van der Waals surface area contributed by atoms with Gasteiger partial charge in [0.15, 0.2) is 0 Å². The summed E-state index contributed by atoms with van der Waals surface area (Å²) in [6.07, 6.45) is 0.0844. The highest BCUT2D eigenvalue weighted by molar-refractivity contribution is 6.30. The molecule has 0 bridgehead atoms. The predicted molar refractivity (Wildman–Crippen MR) is 67.7 cm³/mol. The number of halogens is 2. The molecule has 3 N–H and O–H groups in total. The molecule has 0 aromatic heterocycles. The summed E-state index contributed by atoms with van der Waals surface area (Å²) in [6.45, 7) is 2.99. The maximum Gasteiger partial charge on any atom is 0.142 e. The molecule has 0 heterocycles. The van der Waals surface area contributed by atoms with E-state index in [1.54, 1.807) is 13.2 Å². The number of benzene rings is 1. The first-order valence-corrected chi connectivity index (χ1v) is 5.87. The first-order valence-electron chi connectivity index (χ1n) is 5.49. The third kappa shape index (κ3) is 4.24. The monoisotopic (exact) mass is 260 g/mol. The van der Waals surface area contributed by atoms with E-state index in [0.717, 1.165) is 5.56 Å². The van der Waals surface area contributed by atoms with E-state index in [0.29, 0.717) is 13.1 Å². The van der Waals surface area contributed by atoms with E-state index in [4.69, 9.17) is 22.1 Å². The van der Waals surface area contributed by atoms with Crippen LogP contribution in [0, 0.1) is 5.82 Å². The van der Waals surface area contributed by atoms with Gasteiger partial charge in [0.2, 0.25) is 0 Å². The molecule has 0 fully saturated rings. The van der Waals surface area contributed by atoms with Crippen LogP contribution in [-0.2, 0) is 4.74 Å². The molecule has 0 radical (unpaired) electrons. The summed E-state index contributed by atoms with van der Waals surface area (Å²) < 4.78 is 18.4. The molecule has 1 rings (SSSR count). The van der Waals surface area contributed by atoms with Gasteiger partial charge in [0.25, 0.3) is 0 Å². The second-order valence-electron chi connectivity index (χ2n) is 3.92. The van der Waals surface area contributed by atoms with Crippen molar-refractivity contribution < 1.29 is 9.13 Å². The van der Waals surface area contributed by atoms with Gasteiger partial charge in [0, 0.05) is 26.2 Å². The number of hydrogen-bond donors (Lipinski definition) is 2. The zero-order valence-corrected chi connectivity index (χ0v) is 10.8. The van der Waals surface area contributed by atoms with Crippen LogP contribution in [0.3, 0.4) is 0 Å². The summed E-state index contributed by atoms with van der Waals surface area (Å²) in [5.41, 5.74) is 6.45. The van der Waals surface area contributed by atoms with Gasteiger partial charge in [-0.2, -0.15) is 0 Å². The van der Waals surface area contributed by atoms with Crippen molar-refractivity contribution in [2.75, 3.05) is 20.2 Å². The maximum atomic E-state index is 13.3. The van der Waals surface area contributed by atoms with E-state index in [1.165, 1.54) is 12.1 Å². The molecule has 0 aliphatic heterocycles. The van der Waals surface area contributed by atoms with Crippen molar-refractivity contribution in [2.24, 2.45) is 5.73 Å². The Bertz CT molecular complexity index is 362. The van der Waals surface area contributed by atoms with Crippen LogP contribution >= 0.6 is 11.6 Å². The van der Waals surface area contributed by atoms with Gasteiger partial charge in [-0.3, -0.25) is 0 Å². The molecule has 0 aliphatic carbocycles. The van der Waals surface area contributed by atoms with Crippen molar-refractivity contribution in [1.29, 1.82) is 0 Å². The predicted octanol–water partition coefficient (Wildman–Crippen LogP) is 2.10. The lowest BCUT2D eigenvalue weighted by molar-refractivity contribution is 0.114. The Morgan fingerprint density at radius 1 is 1.53 bits per heavy atom. The third-order valence-corrected chi connectivity index (χ3v) is 2.94. The fourth-order valence-electron chi connectivity index (χ4n) is 1.46. The molecule has 0 aliphatic rings. The Kier molecular flexibility index (Phi) is 5.85. The second-order valence-corrected chi connectivity index (χ2v) is 4.32. The van der Waals surface area contributed by atoms with E-state index in [1.807, 2.05) is 6.92 Å². The molecule has 0 amide bonds. The summed E-state index contributed by atoms with van der Waals surface area (Å²) >= 11 is 5.63. The molecule has 3 nitrogen and oxygen atoms in total. The molecule has 17 heavy (non-hydrogen) atoms. The number of hydrogen-bond acceptors (Lipinski definition) is 3. The molecular weight excluding hydrogens is 243 g/mol. The maximum absolute atomic E-state index is 13.3. The fourth-order valence-corrected chi connectivity index (χ4v) is 1.58. The lowest BCUT2D eigenvalue weighted by atomic mass is 10.1. The Balaban J connectivity index is 2.69. The van der Waals surface area contributed by atoms with Gasteiger partial charge in [0.05, 0.1) is 11.1 Å². The number of methoxy groups -OCH3 is 1. The van der Waals surface area contributed by atoms with E-state index >= 15 is 0 Å². The highest BCUT2D eigenvalue weighted by Crippen LogP contribution is 2.19. The first-order chi connectivity index (χ1) is 8.08. The van der Waals surface area contributed by atoms with Crippen LogP contribution in [0.25, 0.3) is 0 Å². The summed E-state index contributed by atoms with van der Waals surface area (Å²) in [6, 6.07) is 4.62. The van der Waals surface area contributed by atoms with Crippen LogP contribution in [0.2, 0.25) is 5.02 Å². The average molecular weight is 261 g/mol. The smallest absolute Gasteiger partial charge is 0.142 e. The highest BCUT2D eigenvalue weighted by Gasteiger charge is 2.12. The zero-order valence-electron chi connectivity index (χ0n) is 10.0. The Hall–Kier alpha value is -0.680. The number of ether oxygens (including phenoxy) is 1. The van der Waals surface area contributed by atoms with Crippen molar-refractivity contribution >= 4 is 11.6 Å². The fraction of sp³-hybridized carbons (Fsp3) is 0.500. The van der Waals surface area contributed by atoms with Crippen LogP contribution in [0.15, 0.2) is 18.2 Å². The van der Waals surface area contributed by atoms with Gasteiger partial charge >= 0.3 is 0 Å². The van der Waals surface area contributed by atoms with Crippen LogP contribution < -0.4 is 11.1 Å². The summed E-state index contributed by atoms with van der Waals surface area (Å²) in [7, 11) is 1.64. The number of rotatable bonds is 6. The molecule has 5 heteroatoms. The molecule has 1 aromatic carbocycles.